The molecular formula is C37H63NO10. The second kappa shape index (κ2) is 20.8. The normalized spacial score (nSPS) is 15.5. The van der Waals surface area contributed by atoms with Gasteiger partial charge in [-0.1, -0.05) is 50.2 Å². The van der Waals surface area contributed by atoms with E-state index in [2.05, 4.69) is 30.3 Å². The fraction of sp³-hybridized carbons (Fsp3) is 0.730. The zero-order valence-corrected chi connectivity index (χ0v) is 30.4. The molecule has 0 aliphatic carbocycles. The van der Waals surface area contributed by atoms with E-state index in [-0.39, 0.29) is 39.6 Å². The summed E-state index contributed by atoms with van der Waals surface area (Å²) in [6.07, 6.45) is -0.367. The predicted molar refractivity (Wildman–Crippen MR) is 187 cm³/mol. The third kappa shape index (κ3) is 16.8. The Balaban J connectivity index is 1.60. The number of ether oxygens (including phenoxy) is 7. The molecule has 0 amide bonds. The first-order valence-corrected chi connectivity index (χ1v) is 17.0. The number of hydrogen-bond donors (Lipinski definition) is 4. The van der Waals surface area contributed by atoms with Gasteiger partial charge in [0.05, 0.1) is 83.9 Å². The van der Waals surface area contributed by atoms with E-state index < -0.39 is 34.6 Å². The molecular weight excluding hydrogens is 618 g/mol. The van der Waals surface area contributed by atoms with Crippen LogP contribution in [0.5, 0.6) is 0 Å². The number of fused-ring (bicyclic) bond motifs is 1. The fourth-order valence-corrected chi connectivity index (χ4v) is 4.52. The maximum absolute atomic E-state index is 10.1. The van der Waals surface area contributed by atoms with Gasteiger partial charge in [-0.3, -0.25) is 0 Å². The molecule has 0 bridgehead atoms. The van der Waals surface area contributed by atoms with Crippen LogP contribution < -0.4 is 5.73 Å². The van der Waals surface area contributed by atoms with Gasteiger partial charge < -0.3 is 54.2 Å². The molecule has 0 heterocycles. The summed E-state index contributed by atoms with van der Waals surface area (Å²) < 4.78 is 40.4. The van der Waals surface area contributed by atoms with Crippen molar-refractivity contribution in [3.05, 3.63) is 48.0 Å². The van der Waals surface area contributed by atoms with Gasteiger partial charge in [-0.25, -0.2) is 0 Å². The average molecular weight is 682 g/mol. The van der Waals surface area contributed by atoms with Crippen molar-refractivity contribution >= 4 is 10.8 Å². The van der Waals surface area contributed by atoms with E-state index in [1.54, 1.807) is 0 Å². The number of benzene rings is 2. The largest absolute Gasteiger partial charge is 0.394 e. The third-order valence-corrected chi connectivity index (χ3v) is 8.40. The molecule has 2 rings (SSSR count). The molecule has 0 spiro atoms. The van der Waals surface area contributed by atoms with Gasteiger partial charge >= 0.3 is 0 Å². The van der Waals surface area contributed by atoms with E-state index in [1.807, 2.05) is 60.6 Å². The molecule has 3 atom stereocenters. The predicted octanol–water partition coefficient (Wildman–Crippen LogP) is 4.21. The first-order chi connectivity index (χ1) is 22.6. The zero-order chi connectivity index (χ0) is 35.7. The van der Waals surface area contributed by atoms with E-state index in [4.69, 9.17) is 44.0 Å². The van der Waals surface area contributed by atoms with Gasteiger partial charge in [0.25, 0.3) is 0 Å². The van der Waals surface area contributed by atoms with Gasteiger partial charge in [0.15, 0.2) is 0 Å². The Morgan fingerprint density at radius 2 is 1.21 bits per heavy atom. The lowest BCUT2D eigenvalue weighted by molar-refractivity contribution is -0.165. The number of rotatable bonds is 27. The van der Waals surface area contributed by atoms with Crippen molar-refractivity contribution in [2.45, 2.75) is 97.0 Å². The molecule has 0 radical (unpaired) electrons. The van der Waals surface area contributed by atoms with Crippen LogP contribution in [0.15, 0.2) is 42.5 Å². The van der Waals surface area contributed by atoms with Gasteiger partial charge in [-0.05, 0) is 69.9 Å². The summed E-state index contributed by atoms with van der Waals surface area (Å²) in [5, 5.41) is 30.9. The Hall–Kier alpha value is -1.74. The summed E-state index contributed by atoms with van der Waals surface area (Å²) in [7, 11) is 0. The number of aliphatic hydroxyl groups excluding tert-OH is 3. The van der Waals surface area contributed by atoms with Crippen LogP contribution in [0.4, 0.5) is 0 Å². The van der Waals surface area contributed by atoms with Crippen LogP contribution in [-0.4, -0.2) is 117 Å². The van der Waals surface area contributed by atoms with Crippen molar-refractivity contribution in [3.63, 3.8) is 0 Å². The molecule has 0 saturated heterocycles. The lowest BCUT2D eigenvalue weighted by Crippen LogP contribution is -2.55. The summed E-state index contributed by atoms with van der Waals surface area (Å²) in [5.41, 5.74) is 5.48. The number of hydrogen-bond acceptors (Lipinski definition) is 11. The minimum atomic E-state index is -0.943. The van der Waals surface area contributed by atoms with Gasteiger partial charge in [-0.15, -0.1) is 0 Å². The van der Waals surface area contributed by atoms with E-state index in [9.17, 15) is 10.2 Å². The molecule has 0 aromatic heterocycles. The molecule has 2 aromatic rings. The molecule has 2 aromatic carbocycles. The topological polar surface area (TPSA) is 151 Å². The standard InChI is InChI=1S/C37H63NO10/c1-34(2,28-48-36(5,6)14-17-42-24-32(40)26-45-27-33(41)25-43-19-16-39)37(7,38)47-18-15-35(3,4)46-21-20-44-23-29-12-13-30-10-8-9-11-31(30)22-29/h8-13,22,32-33,39-41H,14-21,23-28,38H2,1-7H3. The van der Waals surface area contributed by atoms with Gasteiger partial charge in [0.1, 0.15) is 17.9 Å². The lowest BCUT2D eigenvalue weighted by atomic mass is 9.83. The van der Waals surface area contributed by atoms with Gasteiger partial charge in [0, 0.05) is 12.0 Å². The highest BCUT2D eigenvalue weighted by Gasteiger charge is 2.40. The Kier molecular flexibility index (Phi) is 18.4. The molecule has 48 heavy (non-hydrogen) atoms. The van der Waals surface area contributed by atoms with Crippen molar-refractivity contribution < 1.29 is 48.5 Å². The van der Waals surface area contributed by atoms with Gasteiger partial charge in [0.2, 0.25) is 0 Å². The van der Waals surface area contributed by atoms with Crippen LogP contribution >= 0.6 is 0 Å². The Labute approximate surface area is 287 Å². The summed E-state index contributed by atoms with van der Waals surface area (Å²) in [4.78, 5) is 0. The summed E-state index contributed by atoms with van der Waals surface area (Å²) >= 11 is 0. The lowest BCUT2D eigenvalue weighted by Gasteiger charge is -2.43. The number of aliphatic hydroxyl groups is 3. The molecule has 0 saturated carbocycles. The van der Waals surface area contributed by atoms with Crippen molar-refractivity contribution in [2.75, 3.05) is 72.7 Å². The summed E-state index contributed by atoms with van der Waals surface area (Å²) in [6, 6.07) is 14.7. The molecule has 0 fully saturated rings. The van der Waals surface area contributed by atoms with Crippen LogP contribution in [0.2, 0.25) is 0 Å². The van der Waals surface area contributed by atoms with Crippen LogP contribution in [0, 0.1) is 5.41 Å². The van der Waals surface area contributed by atoms with Crippen molar-refractivity contribution in [1.82, 2.24) is 0 Å². The minimum Gasteiger partial charge on any atom is -0.394 e. The van der Waals surface area contributed by atoms with Crippen molar-refractivity contribution in [3.8, 4) is 0 Å². The van der Waals surface area contributed by atoms with E-state index in [1.165, 1.54) is 10.8 Å². The summed E-state index contributed by atoms with van der Waals surface area (Å²) in [6.45, 7) is 17.0. The zero-order valence-electron chi connectivity index (χ0n) is 30.4. The van der Waals surface area contributed by atoms with Gasteiger partial charge in [-0.2, -0.15) is 0 Å². The first-order valence-electron chi connectivity index (χ1n) is 17.0. The minimum absolute atomic E-state index is 0.0255. The molecule has 3 unspecified atom stereocenters. The first kappa shape index (κ1) is 42.4. The molecule has 0 aliphatic heterocycles. The Morgan fingerprint density at radius 1 is 0.625 bits per heavy atom. The third-order valence-electron chi connectivity index (χ3n) is 8.40. The second-order valence-corrected chi connectivity index (χ2v) is 14.4. The van der Waals surface area contributed by atoms with E-state index in [0.717, 1.165) is 5.56 Å². The molecule has 0 aliphatic rings. The monoisotopic (exact) mass is 681 g/mol. The molecule has 11 heteroatoms. The van der Waals surface area contributed by atoms with Crippen LogP contribution in [0.25, 0.3) is 10.8 Å². The maximum Gasteiger partial charge on any atom is 0.121 e. The molecule has 5 N–H and O–H groups in total. The fourth-order valence-electron chi connectivity index (χ4n) is 4.52. The molecule has 276 valence electrons. The smallest absolute Gasteiger partial charge is 0.121 e. The Bertz CT molecular complexity index is 1160. The van der Waals surface area contributed by atoms with Crippen LogP contribution in [-0.2, 0) is 39.8 Å². The molecule has 11 nitrogen and oxygen atoms in total. The number of nitrogens with two attached hydrogens (primary N) is 1. The van der Waals surface area contributed by atoms with E-state index >= 15 is 0 Å². The quantitative estimate of drug-likeness (QED) is 0.0793. The summed E-state index contributed by atoms with van der Waals surface area (Å²) in [5.74, 6) is 0. The van der Waals surface area contributed by atoms with Crippen molar-refractivity contribution in [2.24, 2.45) is 11.1 Å². The maximum atomic E-state index is 10.1. The SMILES string of the molecule is CC(C)(CCOC(C)(N)C(C)(C)COC(C)(C)CCOCC(O)COCC(O)COCCO)OCCOCc1ccc2ccccc2c1. The second-order valence-electron chi connectivity index (χ2n) is 14.4. The van der Waals surface area contributed by atoms with Crippen LogP contribution in [0.3, 0.4) is 0 Å². The van der Waals surface area contributed by atoms with Crippen LogP contribution in [0.1, 0.15) is 66.9 Å². The Morgan fingerprint density at radius 3 is 1.88 bits per heavy atom. The highest BCUT2D eigenvalue weighted by atomic mass is 16.5. The van der Waals surface area contributed by atoms with E-state index in [0.29, 0.717) is 52.5 Å². The highest BCUT2D eigenvalue weighted by molar-refractivity contribution is 5.82. The average Bonchev–Trinajstić information content (AvgIpc) is 3.02. The highest BCUT2D eigenvalue weighted by Crippen LogP contribution is 2.33. The van der Waals surface area contributed by atoms with Crippen molar-refractivity contribution in [1.29, 1.82) is 0 Å².